The number of carbonyl (C=O) groups excluding carboxylic acids is 2. The number of amides is 3. The van der Waals surface area contributed by atoms with Crippen LogP contribution in [0.3, 0.4) is 0 Å². The average molecular weight is 387 g/mol. The van der Waals surface area contributed by atoms with E-state index in [-0.39, 0.29) is 29.8 Å². The quantitative estimate of drug-likeness (QED) is 0.613. The highest BCUT2D eigenvalue weighted by Gasteiger charge is 2.26. The molecule has 0 radical (unpaired) electrons. The molecule has 1 aromatic carbocycles. The van der Waals surface area contributed by atoms with Crippen molar-refractivity contribution in [2.45, 2.75) is 63.8 Å². The van der Waals surface area contributed by atoms with E-state index in [2.05, 4.69) is 16.0 Å². The third kappa shape index (κ3) is 5.71. The minimum Gasteiger partial charge on any atom is -0.481 e. The third-order valence-corrected chi connectivity index (χ3v) is 5.78. The molecule has 2 aliphatic carbocycles. The number of urea groups is 1. The molecular formula is C21H29N3O4. The Labute approximate surface area is 165 Å². The van der Waals surface area contributed by atoms with E-state index in [1.165, 1.54) is 6.42 Å². The Kier molecular flexibility index (Phi) is 6.90. The number of carbonyl (C=O) groups is 3. The van der Waals surface area contributed by atoms with E-state index in [4.69, 9.17) is 5.11 Å². The van der Waals surface area contributed by atoms with Crippen LogP contribution in [-0.4, -0.2) is 29.1 Å². The fourth-order valence-electron chi connectivity index (χ4n) is 4.12. The van der Waals surface area contributed by atoms with Crippen molar-refractivity contribution in [3.8, 4) is 0 Å². The van der Waals surface area contributed by atoms with E-state index < -0.39 is 5.97 Å². The summed E-state index contributed by atoms with van der Waals surface area (Å²) in [5.41, 5.74) is 1.29. The number of carboxylic acid groups (broad SMARTS) is 1. The molecule has 0 bridgehead atoms. The molecule has 3 amide bonds. The minimum absolute atomic E-state index is 0.00946. The molecule has 2 saturated carbocycles. The second kappa shape index (κ2) is 9.57. The first-order valence-corrected chi connectivity index (χ1v) is 10.2. The molecule has 0 aliphatic heterocycles. The molecule has 0 heterocycles. The van der Waals surface area contributed by atoms with Gasteiger partial charge in [0.1, 0.15) is 0 Å². The molecule has 0 spiro atoms. The van der Waals surface area contributed by atoms with E-state index in [0.29, 0.717) is 37.1 Å². The van der Waals surface area contributed by atoms with E-state index >= 15 is 0 Å². The Morgan fingerprint density at radius 3 is 2.11 bits per heavy atom. The monoisotopic (exact) mass is 387 g/mol. The first kappa shape index (κ1) is 20.2. The molecule has 0 atom stereocenters. The van der Waals surface area contributed by atoms with Crippen molar-refractivity contribution in [2.75, 3.05) is 10.6 Å². The van der Waals surface area contributed by atoms with Gasteiger partial charge in [0.05, 0.1) is 5.92 Å². The van der Waals surface area contributed by atoms with Crippen molar-refractivity contribution in [3.63, 3.8) is 0 Å². The normalized spacial score (nSPS) is 22.9. The number of hydrogen-bond donors (Lipinski definition) is 4. The van der Waals surface area contributed by atoms with Gasteiger partial charge in [-0.05, 0) is 56.7 Å². The van der Waals surface area contributed by atoms with Crippen molar-refractivity contribution in [2.24, 2.45) is 11.8 Å². The van der Waals surface area contributed by atoms with Crippen LogP contribution < -0.4 is 16.0 Å². The molecule has 0 aromatic heterocycles. The summed E-state index contributed by atoms with van der Waals surface area (Å²) in [6.07, 6.45) is 7.81. The maximum Gasteiger partial charge on any atom is 0.319 e. The largest absolute Gasteiger partial charge is 0.481 e. The van der Waals surface area contributed by atoms with Crippen molar-refractivity contribution < 1.29 is 19.5 Å². The molecule has 152 valence electrons. The summed E-state index contributed by atoms with van der Waals surface area (Å²) in [5, 5.41) is 17.7. The Morgan fingerprint density at radius 2 is 1.46 bits per heavy atom. The second-order valence-corrected chi connectivity index (χ2v) is 7.89. The van der Waals surface area contributed by atoms with Crippen molar-refractivity contribution in [1.82, 2.24) is 5.32 Å². The van der Waals surface area contributed by atoms with Crippen LogP contribution in [0, 0.1) is 11.8 Å². The summed E-state index contributed by atoms with van der Waals surface area (Å²) >= 11 is 0. The highest BCUT2D eigenvalue weighted by molar-refractivity contribution is 5.94. The van der Waals surface area contributed by atoms with Gasteiger partial charge in [-0.15, -0.1) is 0 Å². The van der Waals surface area contributed by atoms with Gasteiger partial charge in [0.25, 0.3) is 0 Å². The summed E-state index contributed by atoms with van der Waals surface area (Å²) in [6, 6.07) is 6.82. The smallest absolute Gasteiger partial charge is 0.319 e. The highest BCUT2D eigenvalue weighted by atomic mass is 16.4. The SMILES string of the molecule is O=C(Nc1cccc(NC(=O)C2CCCCC2)c1)NC1CCC(C(=O)O)CC1. The molecule has 3 rings (SSSR count). The number of rotatable bonds is 5. The zero-order chi connectivity index (χ0) is 19.9. The van der Waals surface area contributed by atoms with Crippen molar-refractivity contribution in [3.05, 3.63) is 24.3 Å². The molecule has 7 nitrogen and oxygen atoms in total. The van der Waals surface area contributed by atoms with Gasteiger partial charge in [-0.2, -0.15) is 0 Å². The fourth-order valence-corrected chi connectivity index (χ4v) is 4.12. The number of hydrogen-bond acceptors (Lipinski definition) is 3. The van der Waals surface area contributed by atoms with Crippen molar-refractivity contribution >= 4 is 29.3 Å². The number of carboxylic acids is 1. The zero-order valence-corrected chi connectivity index (χ0v) is 16.1. The van der Waals surface area contributed by atoms with Crippen LogP contribution in [0.4, 0.5) is 16.2 Å². The third-order valence-electron chi connectivity index (χ3n) is 5.78. The second-order valence-electron chi connectivity index (χ2n) is 7.89. The Hall–Kier alpha value is -2.57. The minimum atomic E-state index is -0.755. The lowest BCUT2D eigenvalue weighted by Gasteiger charge is -2.26. The highest BCUT2D eigenvalue weighted by Crippen LogP contribution is 2.26. The predicted molar refractivity (Wildman–Crippen MR) is 107 cm³/mol. The van der Waals surface area contributed by atoms with Crippen LogP contribution in [0.5, 0.6) is 0 Å². The zero-order valence-electron chi connectivity index (χ0n) is 16.1. The van der Waals surface area contributed by atoms with Crippen molar-refractivity contribution in [1.29, 1.82) is 0 Å². The van der Waals surface area contributed by atoms with Crippen LogP contribution in [-0.2, 0) is 9.59 Å². The van der Waals surface area contributed by atoms with Crippen LogP contribution in [0.1, 0.15) is 57.8 Å². The van der Waals surface area contributed by atoms with Gasteiger partial charge in [0.2, 0.25) is 5.91 Å². The van der Waals surface area contributed by atoms with Gasteiger partial charge >= 0.3 is 12.0 Å². The lowest BCUT2D eigenvalue weighted by atomic mass is 9.86. The molecule has 2 aliphatic rings. The topological polar surface area (TPSA) is 108 Å². The van der Waals surface area contributed by atoms with E-state index in [1.54, 1.807) is 18.2 Å². The van der Waals surface area contributed by atoms with E-state index in [0.717, 1.165) is 25.7 Å². The maximum atomic E-state index is 12.4. The molecular weight excluding hydrogens is 358 g/mol. The number of anilines is 2. The summed E-state index contributed by atoms with van der Waals surface area (Å²) in [7, 11) is 0. The molecule has 0 unspecified atom stereocenters. The van der Waals surface area contributed by atoms with Gasteiger partial charge in [-0.25, -0.2) is 4.79 Å². The lowest BCUT2D eigenvalue weighted by molar-refractivity contribution is -0.142. The Balaban J connectivity index is 1.48. The Morgan fingerprint density at radius 1 is 0.821 bits per heavy atom. The molecule has 1 aromatic rings. The van der Waals surface area contributed by atoms with E-state index in [9.17, 15) is 14.4 Å². The maximum absolute atomic E-state index is 12.4. The summed E-state index contributed by atoms with van der Waals surface area (Å²) in [4.78, 5) is 35.6. The first-order valence-electron chi connectivity index (χ1n) is 10.2. The van der Waals surface area contributed by atoms with Gasteiger partial charge in [-0.1, -0.05) is 25.3 Å². The van der Waals surface area contributed by atoms with Gasteiger partial charge in [0, 0.05) is 23.3 Å². The number of nitrogens with one attached hydrogen (secondary N) is 3. The molecule has 28 heavy (non-hydrogen) atoms. The summed E-state index contributed by atoms with van der Waals surface area (Å²) < 4.78 is 0. The molecule has 7 heteroatoms. The standard InChI is InChI=1S/C21H29N3O4/c25-19(14-5-2-1-3-6-14)22-17-7-4-8-18(13-17)24-21(28)23-16-11-9-15(10-12-16)20(26)27/h4,7-8,13-16H,1-3,5-6,9-12H2,(H,22,25)(H,26,27)(H2,23,24,28). The number of benzene rings is 1. The van der Waals surface area contributed by atoms with Gasteiger partial charge < -0.3 is 21.1 Å². The lowest BCUT2D eigenvalue weighted by Crippen LogP contribution is -2.41. The van der Waals surface area contributed by atoms with Gasteiger partial charge in [-0.3, -0.25) is 9.59 Å². The average Bonchev–Trinajstić information content (AvgIpc) is 2.69. The fraction of sp³-hybridized carbons (Fsp3) is 0.571. The first-order chi connectivity index (χ1) is 13.5. The van der Waals surface area contributed by atoms with Crippen LogP contribution in [0.2, 0.25) is 0 Å². The van der Waals surface area contributed by atoms with Crippen LogP contribution in [0.15, 0.2) is 24.3 Å². The Bertz CT molecular complexity index is 707. The summed E-state index contributed by atoms with van der Waals surface area (Å²) in [5.74, 6) is -0.924. The summed E-state index contributed by atoms with van der Waals surface area (Å²) in [6.45, 7) is 0. The molecule has 4 N–H and O–H groups in total. The van der Waals surface area contributed by atoms with Crippen LogP contribution in [0.25, 0.3) is 0 Å². The predicted octanol–water partition coefficient (Wildman–Crippen LogP) is 3.97. The molecule has 2 fully saturated rings. The number of aliphatic carboxylic acids is 1. The van der Waals surface area contributed by atoms with Gasteiger partial charge in [0.15, 0.2) is 0 Å². The molecule has 0 saturated heterocycles. The van der Waals surface area contributed by atoms with Crippen LogP contribution >= 0.6 is 0 Å². The van der Waals surface area contributed by atoms with E-state index in [1.807, 2.05) is 6.07 Å².